The van der Waals surface area contributed by atoms with Crippen molar-refractivity contribution >= 4 is 25.1 Å². The number of benzene rings is 1. The highest BCUT2D eigenvalue weighted by Crippen LogP contribution is 2.33. The highest BCUT2D eigenvalue weighted by atomic mass is 28.3. The van der Waals surface area contributed by atoms with Crippen molar-refractivity contribution in [1.82, 2.24) is 24.5 Å². The number of hydrogen-bond donors (Lipinski definition) is 0. The minimum atomic E-state index is -1.18. The summed E-state index contributed by atoms with van der Waals surface area (Å²) in [6, 6.07) is 6.39. The van der Waals surface area contributed by atoms with Crippen molar-refractivity contribution in [1.29, 1.82) is 0 Å². The molecule has 33 heavy (non-hydrogen) atoms. The quantitative estimate of drug-likeness (QED) is 0.241. The summed E-state index contributed by atoms with van der Waals surface area (Å²) in [5, 5.41) is 9.99. The molecule has 0 N–H and O–H groups in total. The highest BCUT2D eigenvalue weighted by Gasteiger charge is 2.19. The number of hydrogen-bond acceptors (Lipinski definition) is 4. The largest absolute Gasteiger partial charge is 0.360 e. The SMILES string of the molecule is C=Cc1cc(C)c(-c2cc3c(-c4cnn(C)c4)nn(COCC[Si](C)(C)C)c3cn2)c(F)c1. The number of fused-ring (bicyclic) bond motifs is 1. The molecule has 0 bridgehead atoms. The minimum absolute atomic E-state index is 0.318. The molecule has 3 aromatic heterocycles. The lowest BCUT2D eigenvalue weighted by Gasteiger charge is -2.15. The second kappa shape index (κ2) is 9.03. The molecule has 0 saturated heterocycles. The van der Waals surface area contributed by atoms with E-state index in [-0.39, 0.29) is 5.82 Å². The molecule has 0 fully saturated rings. The van der Waals surface area contributed by atoms with Crippen LogP contribution < -0.4 is 0 Å². The molecule has 0 unspecified atom stereocenters. The standard InChI is InChI=1S/C25H30FN5OSi/c1-7-18-10-17(2)24(21(26)11-18)22-12-20-23(14-27-22)31(16-32-8-9-33(4,5)6)29-25(20)19-13-28-30(3)15-19/h7,10-15H,1,8-9,16H2,2-6H3. The molecule has 0 atom stereocenters. The minimum Gasteiger partial charge on any atom is -0.360 e. The lowest BCUT2D eigenvalue weighted by Crippen LogP contribution is -2.22. The van der Waals surface area contributed by atoms with Crippen LogP contribution in [0.5, 0.6) is 0 Å². The molecule has 0 radical (unpaired) electrons. The van der Waals surface area contributed by atoms with Gasteiger partial charge in [-0.05, 0) is 36.2 Å². The monoisotopic (exact) mass is 463 g/mol. The molecule has 3 heterocycles. The second-order valence-electron chi connectivity index (χ2n) is 9.58. The van der Waals surface area contributed by atoms with Gasteiger partial charge in [-0.3, -0.25) is 9.67 Å². The third-order valence-corrected chi connectivity index (χ3v) is 7.33. The summed E-state index contributed by atoms with van der Waals surface area (Å²) in [5.74, 6) is -0.318. The topological polar surface area (TPSA) is 57.8 Å². The number of aryl methyl sites for hydroxylation is 2. The predicted octanol–water partition coefficient (Wildman–Crippen LogP) is 5.90. The average Bonchev–Trinajstić information content (AvgIpc) is 3.33. The average molecular weight is 464 g/mol. The molecule has 172 valence electrons. The first kappa shape index (κ1) is 23.1. The normalized spacial score (nSPS) is 11.9. The fourth-order valence-electron chi connectivity index (χ4n) is 3.81. The van der Waals surface area contributed by atoms with Crippen LogP contribution >= 0.6 is 0 Å². The van der Waals surface area contributed by atoms with Crippen LogP contribution in [0.4, 0.5) is 4.39 Å². The van der Waals surface area contributed by atoms with Crippen LogP contribution in [0.3, 0.4) is 0 Å². The van der Waals surface area contributed by atoms with Crippen molar-refractivity contribution in [2.24, 2.45) is 7.05 Å². The van der Waals surface area contributed by atoms with Crippen LogP contribution in [0.1, 0.15) is 11.1 Å². The van der Waals surface area contributed by atoms with Gasteiger partial charge in [0, 0.05) is 44.4 Å². The summed E-state index contributed by atoms with van der Waals surface area (Å²) in [6.07, 6.45) is 7.09. The third kappa shape index (κ3) is 4.96. The van der Waals surface area contributed by atoms with E-state index in [1.54, 1.807) is 23.2 Å². The van der Waals surface area contributed by atoms with Crippen LogP contribution in [0.25, 0.3) is 39.5 Å². The predicted molar refractivity (Wildman–Crippen MR) is 134 cm³/mol. The zero-order chi connectivity index (χ0) is 23.8. The summed E-state index contributed by atoms with van der Waals surface area (Å²) in [5.41, 5.74) is 5.11. The molecule has 8 heteroatoms. The van der Waals surface area contributed by atoms with E-state index in [1.165, 1.54) is 6.07 Å². The summed E-state index contributed by atoms with van der Waals surface area (Å²) in [6.45, 7) is 13.6. The van der Waals surface area contributed by atoms with Gasteiger partial charge in [0.2, 0.25) is 0 Å². The number of halogens is 1. The molecule has 0 saturated carbocycles. The van der Waals surface area contributed by atoms with Crippen molar-refractivity contribution in [3.63, 3.8) is 0 Å². The van der Waals surface area contributed by atoms with Gasteiger partial charge in [-0.25, -0.2) is 9.07 Å². The lowest BCUT2D eigenvalue weighted by molar-refractivity contribution is 0.0818. The number of nitrogens with zero attached hydrogens (tertiary/aromatic N) is 5. The third-order valence-electron chi connectivity index (χ3n) is 5.63. The Morgan fingerprint density at radius 3 is 2.61 bits per heavy atom. The smallest absolute Gasteiger partial charge is 0.140 e. The van der Waals surface area contributed by atoms with E-state index >= 15 is 0 Å². The van der Waals surface area contributed by atoms with E-state index in [1.807, 2.05) is 37.0 Å². The maximum absolute atomic E-state index is 15.0. The van der Waals surface area contributed by atoms with Crippen LogP contribution in [0.2, 0.25) is 25.7 Å². The van der Waals surface area contributed by atoms with E-state index in [9.17, 15) is 4.39 Å². The summed E-state index contributed by atoms with van der Waals surface area (Å²) in [4.78, 5) is 4.60. The van der Waals surface area contributed by atoms with Gasteiger partial charge < -0.3 is 4.74 Å². The van der Waals surface area contributed by atoms with Crippen molar-refractivity contribution in [3.8, 4) is 22.5 Å². The Morgan fingerprint density at radius 2 is 1.97 bits per heavy atom. The zero-order valence-electron chi connectivity index (χ0n) is 19.9. The molecule has 0 aliphatic rings. The molecular formula is C25H30FN5OSi. The summed E-state index contributed by atoms with van der Waals surface area (Å²) < 4.78 is 24.5. The van der Waals surface area contributed by atoms with E-state index in [0.717, 1.165) is 39.3 Å². The lowest BCUT2D eigenvalue weighted by atomic mass is 10.00. The van der Waals surface area contributed by atoms with Crippen molar-refractivity contribution in [3.05, 3.63) is 60.3 Å². The van der Waals surface area contributed by atoms with Gasteiger partial charge in [0.25, 0.3) is 0 Å². The maximum Gasteiger partial charge on any atom is 0.140 e. The van der Waals surface area contributed by atoms with Gasteiger partial charge in [0.1, 0.15) is 18.2 Å². The van der Waals surface area contributed by atoms with Gasteiger partial charge in [-0.1, -0.05) is 38.4 Å². The molecule has 0 aliphatic carbocycles. The van der Waals surface area contributed by atoms with Crippen molar-refractivity contribution < 1.29 is 9.13 Å². The first-order chi connectivity index (χ1) is 15.7. The van der Waals surface area contributed by atoms with E-state index in [4.69, 9.17) is 9.84 Å². The Morgan fingerprint density at radius 1 is 1.18 bits per heavy atom. The van der Waals surface area contributed by atoms with Crippen molar-refractivity contribution in [2.45, 2.75) is 39.3 Å². The van der Waals surface area contributed by atoms with Gasteiger partial charge in [-0.2, -0.15) is 10.2 Å². The molecule has 1 aromatic carbocycles. The van der Waals surface area contributed by atoms with E-state index in [2.05, 4.69) is 36.3 Å². The van der Waals surface area contributed by atoms with Gasteiger partial charge >= 0.3 is 0 Å². The van der Waals surface area contributed by atoms with Crippen molar-refractivity contribution in [2.75, 3.05) is 6.61 Å². The fraction of sp³-hybridized carbons (Fsp3) is 0.320. The summed E-state index contributed by atoms with van der Waals surface area (Å²) in [7, 11) is 0.694. The van der Waals surface area contributed by atoms with Crippen LogP contribution in [0.15, 0.2) is 43.4 Å². The second-order valence-corrected chi connectivity index (χ2v) is 15.2. The number of aromatic nitrogens is 5. The Hall–Kier alpha value is -3.10. The van der Waals surface area contributed by atoms with Crippen LogP contribution in [0, 0.1) is 12.7 Å². The van der Waals surface area contributed by atoms with E-state index < -0.39 is 8.07 Å². The number of ether oxygens (including phenoxy) is 1. The Labute approximate surface area is 194 Å². The number of rotatable bonds is 8. The van der Waals surface area contributed by atoms with Gasteiger partial charge in [0.15, 0.2) is 0 Å². The first-order valence-electron chi connectivity index (χ1n) is 11.0. The summed E-state index contributed by atoms with van der Waals surface area (Å²) >= 11 is 0. The highest BCUT2D eigenvalue weighted by molar-refractivity contribution is 6.76. The zero-order valence-corrected chi connectivity index (χ0v) is 20.9. The maximum atomic E-state index is 15.0. The molecule has 0 amide bonds. The molecule has 0 aliphatic heterocycles. The van der Waals surface area contributed by atoms with Crippen LogP contribution in [-0.2, 0) is 18.5 Å². The molecule has 4 aromatic rings. The Bertz CT molecular complexity index is 1300. The molecule has 4 rings (SSSR count). The molecular weight excluding hydrogens is 433 g/mol. The van der Waals surface area contributed by atoms with Gasteiger partial charge in [-0.15, -0.1) is 0 Å². The Balaban J connectivity index is 1.77. The van der Waals surface area contributed by atoms with Crippen LogP contribution in [-0.4, -0.2) is 39.2 Å². The van der Waals surface area contributed by atoms with E-state index in [0.29, 0.717) is 24.6 Å². The molecule has 6 nitrogen and oxygen atoms in total. The first-order valence-corrected chi connectivity index (χ1v) is 14.7. The Kier molecular flexibility index (Phi) is 6.31. The van der Waals surface area contributed by atoms with Gasteiger partial charge in [0.05, 0.1) is 23.6 Å². The fourth-order valence-corrected chi connectivity index (χ4v) is 4.56. The number of pyridine rings is 1. The molecule has 0 spiro atoms.